The van der Waals surface area contributed by atoms with Gasteiger partial charge in [-0.25, -0.2) is 4.99 Å². The molecule has 3 heterocycles. The summed E-state index contributed by atoms with van der Waals surface area (Å²) >= 11 is 3.79. The van der Waals surface area contributed by atoms with Gasteiger partial charge in [0.25, 0.3) is 0 Å². The van der Waals surface area contributed by atoms with Crippen molar-refractivity contribution in [2.24, 2.45) is 4.99 Å². The SMILES string of the molecule is Cc1c(SCCN2CCc3ccccc3C2)ccnc1CSC1=Nc2ccccc2C1. The number of pyridine rings is 1. The van der Waals surface area contributed by atoms with Gasteiger partial charge in [-0.3, -0.25) is 9.88 Å². The predicted octanol–water partition coefficient (Wildman–Crippen LogP) is 6.06. The Kier molecular flexibility index (Phi) is 6.44. The molecule has 31 heavy (non-hydrogen) atoms. The number of rotatable bonds is 6. The molecule has 0 bridgehead atoms. The fourth-order valence-electron chi connectivity index (χ4n) is 4.23. The third-order valence-corrected chi connectivity index (χ3v) is 8.21. The zero-order chi connectivity index (χ0) is 21.0. The smallest absolute Gasteiger partial charge is 0.0787 e. The fourth-order valence-corrected chi connectivity index (χ4v) is 6.31. The van der Waals surface area contributed by atoms with Gasteiger partial charge in [-0.15, -0.1) is 23.5 Å². The lowest BCUT2D eigenvalue weighted by molar-refractivity contribution is 0.270. The highest BCUT2D eigenvalue weighted by Gasteiger charge is 2.17. The number of benzene rings is 2. The standard InChI is InChI=1S/C26H27N3S2/c1-19-24(18-31-26-16-21-7-4-5-9-23(21)28-26)27-12-10-25(19)30-15-14-29-13-11-20-6-2-3-8-22(20)17-29/h2-10,12H,11,13-18H2,1H3. The largest absolute Gasteiger partial charge is 0.298 e. The summed E-state index contributed by atoms with van der Waals surface area (Å²) in [5.41, 5.74) is 7.97. The van der Waals surface area contributed by atoms with Crippen molar-refractivity contribution in [3.05, 3.63) is 88.7 Å². The van der Waals surface area contributed by atoms with Crippen molar-refractivity contribution in [3.63, 3.8) is 0 Å². The Labute approximate surface area is 193 Å². The highest BCUT2D eigenvalue weighted by molar-refractivity contribution is 8.13. The van der Waals surface area contributed by atoms with E-state index in [-0.39, 0.29) is 0 Å². The maximum Gasteiger partial charge on any atom is 0.0787 e. The van der Waals surface area contributed by atoms with Crippen LogP contribution in [0, 0.1) is 6.92 Å². The fraction of sp³-hybridized carbons (Fsp3) is 0.308. The molecule has 0 saturated heterocycles. The number of thioether (sulfide) groups is 2. The van der Waals surface area contributed by atoms with Gasteiger partial charge in [0.05, 0.1) is 16.4 Å². The Morgan fingerprint density at radius 3 is 2.61 bits per heavy atom. The molecule has 2 aliphatic rings. The van der Waals surface area contributed by atoms with Crippen LogP contribution in [0.15, 0.2) is 70.7 Å². The average molecular weight is 446 g/mol. The molecule has 5 rings (SSSR count). The Hall–Kier alpha value is -2.08. The van der Waals surface area contributed by atoms with Crippen LogP contribution in [0.2, 0.25) is 0 Å². The van der Waals surface area contributed by atoms with Gasteiger partial charge in [0.15, 0.2) is 0 Å². The number of hydrogen-bond donors (Lipinski definition) is 0. The molecule has 0 radical (unpaired) electrons. The van der Waals surface area contributed by atoms with Crippen LogP contribution in [-0.2, 0) is 25.1 Å². The summed E-state index contributed by atoms with van der Waals surface area (Å²) in [6.07, 6.45) is 4.09. The number of para-hydroxylation sites is 1. The summed E-state index contributed by atoms with van der Waals surface area (Å²) in [6.45, 7) is 5.59. The number of aliphatic imine (C=N–C) groups is 1. The van der Waals surface area contributed by atoms with E-state index in [2.05, 4.69) is 71.4 Å². The Morgan fingerprint density at radius 2 is 1.74 bits per heavy atom. The maximum absolute atomic E-state index is 4.78. The second-order valence-corrected chi connectivity index (χ2v) is 10.3. The quantitative estimate of drug-likeness (QED) is 0.431. The van der Waals surface area contributed by atoms with Crippen molar-refractivity contribution in [2.75, 3.05) is 18.8 Å². The first kappa shape index (κ1) is 20.8. The molecule has 0 spiro atoms. The van der Waals surface area contributed by atoms with E-state index in [9.17, 15) is 0 Å². The zero-order valence-electron chi connectivity index (χ0n) is 17.9. The topological polar surface area (TPSA) is 28.5 Å². The third-order valence-electron chi connectivity index (χ3n) is 6.09. The van der Waals surface area contributed by atoms with Crippen molar-refractivity contribution in [2.45, 2.75) is 37.0 Å². The summed E-state index contributed by atoms with van der Waals surface area (Å²) in [6, 6.07) is 19.5. The van der Waals surface area contributed by atoms with Gasteiger partial charge in [-0.1, -0.05) is 42.5 Å². The molecule has 158 valence electrons. The van der Waals surface area contributed by atoms with Crippen molar-refractivity contribution in [1.29, 1.82) is 0 Å². The van der Waals surface area contributed by atoms with E-state index in [1.54, 1.807) is 0 Å². The van der Waals surface area contributed by atoms with Gasteiger partial charge in [0.2, 0.25) is 0 Å². The van der Waals surface area contributed by atoms with Gasteiger partial charge >= 0.3 is 0 Å². The minimum absolute atomic E-state index is 0.885. The van der Waals surface area contributed by atoms with Crippen molar-refractivity contribution in [3.8, 4) is 0 Å². The van der Waals surface area contributed by atoms with Crippen LogP contribution < -0.4 is 0 Å². The molecule has 0 amide bonds. The van der Waals surface area contributed by atoms with E-state index in [0.29, 0.717) is 0 Å². The highest BCUT2D eigenvalue weighted by atomic mass is 32.2. The lowest BCUT2D eigenvalue weighted by atomic mass is 10.0. The Bertz CT molecular complexity index is 1110. The number of aromatic nitrogens is 1. The molecular formula is C26H27N3S2. The van der Waals surface area contributed by atoms with Crippen LogP contribution in [0.3, 0.4) is 0 Å². The monoisotopic (exact) mass is 445 g/mol. The minimum atomic E-state index is 0.885. The predicted molar refractivity (Wildman–Crippen MR) is 134 cm³/mol. The van der Waals surface area contributed by atoms with E-state index >= 15 is 0 Å². The first-order valence-corrected chi connectivity index (χ1v) is 12.9. The van der Waals surface area contributed by atoms with Gasteiger partial charge < -0.3 is 0 Å². The second kappa shape index (κ2) is 9.60. The third kappa shape index (κ3) is 4.89. The summed E-state index contributed by atoms with van der Waals surface area (Å²) < 4.78 is 0. The van der Waals surface area contributed by atoms with E-state index in [1.165, 1.54) is 50.9 Å². The maximum atomic E-state index is 4.78. The molecule has 5 heteroatoms. The van der Waals surface area contributed by atoms with Crippen LogP contribution in [0.4, 0.5) is 5.69 Å². The molecule has 1 aromatic heterocycles. The van der Waals surface area contributed by atoms with Crippen molar-refractivity contribution in [1.82, 2.24) is 9.88 Å². The molecule has 3 aromatic rings. The molecule has 2 aliphatic heterocycles. The molecule has 0 unspecified atom stereocenters. The van der Waals surface area contributed by atoms with Crippen molar-refractivity contribution < 1.29 is 0 Å². The minimum Gasteiger partial charge on any atom is -0.298 e. The Balaban J connectivity index is 1.14. The molecule has 0 N–H and O–H groups in total. The molecule has 3 nitrogen and oxygen atoms in total. The lowest BCUT2D eigenvalue weighted by Crippen LogP contribution is -2.32. The summed E-state index contributed by atoms with van der Waals surface area (Å²) in [5, 5.41) is 1.20. The molecule has 0 aliphatic carbocycles. The van der Waals surface area contributed by atoms with E-state index < -0.39 is 0 Å². The number of fused-ring (bicyclic) bond motifs is 2. The second-order valence-electron chi connectivity index (χ2n) is 8.12. The van der Waals surface area contributed by atoms with Crippen LogP contribution in [-0.4, -0.2) is 33.8 Å². The van der Waals surface area contributed by atoms with Crippen LogP contribution in [0.1, 0.15) is 27.9 Å². The van der Waals surface area contributed by atoms with Gasteiger partial charge in [0, 0.05) is 48.7 Å². The van der Waals surface area contributed by atoms with Gasteiger partial charge in [0.1, 0.15) is 0 Å². The van der Waals surface area contributed by atoms with Crippen LogP contribution in [0.25, 0.3) is 0 Å². The van der Waals surface area contributed by atoms with Gasteiger partial charge in [-0.05, 0) is 47.7 Å². The molecule has 0 saturated carbocycles. The van der Waals surface area contributed by atoms with Crippen LogP contribution >= 0.6 is 23.5 Å². The van der Waals surface area contributed by atoms with E-state index in [4.69, 9.17) is 4.99 Å². The van der Waals surface area contributed by atoms with Crippen LogP contribution in [0.5, 0.6) is 0 Å². The van der Waals surface area contributed by atoms with E-state index in [0.717, 1.165) is 36.7 Å². The molecule has 0 atom stereocenters. The number of hydrogen-bond acceptors (Lipinski definition) is 5. The lowest BCUT2D eigenvalue weighted by Gasteiger charge is -2.28. The highest BCUT2D eigenvalue weighted by Crippen LogP contribution is 2.32. The van der Waals surface area contributed by atoms with E-state index in [1.807, 2.05) is 29.7 Å². The molecule has 0 fully saturated rings. The van der Waals surface area contributed by atoms with Gasteiger partial charge in [-0.2, -0.15) is 0 Å². The van der Waals surface area contributed by atoms with Crippen molar-refractivity contribution >= 4 is 34.3 Å². The number of nitrogens with zero attached hydrogens (tertiary/aromatic N) is 3. The Morgan fingerprint density at radius 1 is 0.935 bits per heavy atom. The first-order valence-electron chi connectivity index (χ1n) is 10.9. The summed E-state index contributed by atoms with van der Waals surface area (Å²) in [4.78, 5) is 13.4. The normalized spacial score (nSPS) is 15.5. The summed E-state index contributed by atoms with van der Waals surface area (Å²) in [5.74, 6) is 2.00. The summed E-state index contributed by atoms with van der Waals surface area (Å²) in [7, 11) is 0. The molecule has 2 aromatic carbocycles. The molecular weight excluding hydrogens is 418 g/mol. The average Bonchev–Trinajstić information content (AvgIpc) is 3.22. The first-order chi connectivity index (χ1) is 15.3. The zero-order valence-corrected chi connectivity index (χ0v) is 19.5.